The Kier molecular flexibility index (Phi) is 3.66. The Hall–Kier alpha value is -0.800. The third-order valence-corrected chi connectivity index (χ3v) is 4.15. The van der Waals surface area contributed by atoms with Crippen LogP contribution >= 0.6 is 27.3 Å². The van der Waals surface area contributed by atoms with E-state index in [4.69, 9.17) is 4.74 Å². The highest BCUT2D eigenvalue weighted by Crippen LogP contribution is 2.38. The summed E-state index contributed by atoms with van der Waals surface area (Å²) in [5, 5.41) is 0.995. The quantitative estimate of drug-likeness (QED) is 0.794. The number of ether oxygens (including phenoxy) is 1. The second-order valence-electron chi connectivity index (χ2n) is 3.48. The van der Waals surface area contributed by atoms with Gasteiger partial charge in [0.25, 0.3) is 0 Å². The van der Waals surface area contributed by atoms with E-state index in [-0.39, 0.29) is 0 Å². The summed E-state index contributed by atoms with van der Waals surface area (Å²) in [5.41, 5.74) is 2.38. The van der Waals surface area contributed by atoms with Crippen LogP contribution in [0.1, 0.15) is 11.8 Å². The Morgan fingerprint density at radius 2 is 2.12 bits per heavy atom. The minimum atomic E-state index is 0.995. The molecule has 0 saturated carbocycles. The van der Waals surface area contributed by atoms with Gasteiger partial charge in [-0.25, -0.2) is 0 Å². The molecular weight excluding hydrogens is 284 g/mol. The van der Waals surface area contributed by atoms with E-state index in [1.807, 2.05) is 12.1 Å². The van der Waals surface area contributed by atoms with Crippen molar-refractivity contribution in [3.8, 4) is 16.2 Å². The molecular formula is C13H13BrOS. The molecule has 0 N–H and O–H groups in total. The van der Waals surface area contributed by atoms with E-state index < -0.39 is 0 Å². The van der Waals surface area contributed by atoms with E-state index in [0.29, 0.717) is 0 Å². The van der Waals surface area contributed by atoms with Crippen LogP contribution in [0.3, 0.4) is 0 Å². The Morgan fingerprint density at radius 1 is 1.31 bits per heavy atom. The molecule has 0 radical (unpaired) electrons. The lowest BCUT2D eigenvalue weighted by Gasteiger charge is -2.02. The van der Waals surface area contributed by atoms with Gasteiger partial charge in [0.15, 0.2) is 5.06 Å². The van der Waals surface area contributed by atoms with Crippen LogP contribution in [-0.4, -0.2) is 7.11 Å². The number of thiophene rings is 1. The molecule has 16 heavy (non-hydrogen) atoms. The molecule has 0 unspecified atom stereocenters. The van der Waals surface area contributed by atoms with Gasteiger partial charge in [-0.3, -0.25) is 0 Å². The summed E-state index contributed by atoms with van der Waals surface area (Å²) in [5.74, 6) is 0. The molecule has 0 atom stereocenters. The lowest BCUT2D eigenvalue weighted by molar-refractivity contribution is 0.428. The van der Waals surface area contributed by atoms with Crippen LogP contribution in [0.5, 0.6) is 5.06 Å². The molecule has 1 heterocycles. The first-order valence-corrected chi connectivity index (χ1v) is 6.78. The molecule has 0 fully saturated rings. The maximum absolute atomic E-state index is 5.43. The van der Waals surface area contributed by atoms with E-state index in [1.54, 1.807) is 18.4 Å². The highest BCUT2D eigenvalue weighted by molar-refractivity contribution is 9.10. The molecule has 1 nitrogen and oxygen atoms in total. The molecule has 0 bridgehead atoms. The van der Waals surface area contributed by atoms with Gasteiger partial charge in [0.1, 0.15) is 0 Å². The van der Waals surface area contributed by atoms with Crippen LogP contribution in [0.15, 0.2) is 34.8 Å². The second-order valence-corrected chi connectivity index (χ2v) is 5.50. The fraction of sp³-hybridized carbons (Fsp3) is 0.231. The summed E-state index contributed by atoms with van der Waals surface area (Å²) >= 11 is 5.22. The average Bonchev–Trinajstić information content (AvgIpc) is 2.72. The Bertz CT molecular complexity index is 490. The van der Waals surface area contributed by atoms with Crippen molar-refractivity contribution in [3.05, 3.63) is 39.7 Å². The first-order valence-electron chi connectivity index (χ1n) is 5.17. The van der Waals surface area contributed by atoms with Crippen LogP contribution in [0, 0.1) is 0 Å². The predicted molar refractivity (Wildman–Crippen MR) is 73.4 cm³/mol. The third-order valence-electron chi connectivity index (χ3n) is 2.42. The molecule has 0 aliphatic heterocycles. The minimum Gasteiger partial charge on any atom is -0.487 e. The number of aryl methyl sites for hydroxylation is 1. The van der Waals surface area contributed by atoms with Crippen molar-refractivity contribution >= 4 is 27.3 Å². The number of methoxy groups -OCH3 is 1. The van der Waals surface area contributed by atoms with Crippen molar-refractivity contribution < 1.29 is 4.74 Å². The summed E-state index contributed by atoms with van der Waals surface area (Å²) < 4.78 is 6.52. The van der Waals surface area contributed by atoms with Gasteiger partial charge in [0, 0.05) is 14.9 Å². The largest absolute Gasteiger partial charge is 0.487 e. The SMILES string of the molecule is CCc1cc(-c2cccc(Br)c2)c(OC)s1. The molecule has 3 heteroatoms. The van der Waals surface area contributed by atoms with Crippen molar-refractivity contribution in [2.45, 2.75) is 13.3 Å². The van der Waals surface area contributed by atoms with Crippen LogP contribution in [-0.2, 0) is 6.42 Å². The van der Waals surface area contributed by atoms with Gasteiger partial charge in [0.2, 0.25) is 0 Å². The molecule has 2 rings (SSSR count). The highest BCUT2D eigenvalue weighted by atomic mass is 79.9. The van der Waals surface area contributed by atoms with Crippen molar-refractivity contribution in [2.75, 3.05) is 7.11 Å². The van der Waals surface area contributed by atoms with Crippen LogP contribution in [0.25, 0.3) is 11.1 Å². The highest BCUT2D eigenvalue weighted by Gasteiger charge is 2.10. The van der Waals surface area contributed by atoms with Crippen LogP contribution < -0.4 is 4.74 Å². The van der Waals surface area contributed by atoms with Crippen molar-refractivity contribution in [1.29, 1.82) is 0 Å². The topological polar surface area (TPSA) is 9.23 Å². The van der Waals surface area contributed by atoms with Gasteiger partial charge in [0.05, 0.1) is 7.11 Å². The zero-order valence-corrected chi connectivity index (χ0v) is 11.7. The molecule has 2 aromatic rings. The molecule has 1 aromatic carbocycles. The molecule has 84 valence electrons. The fourth-order valence-corrected chi connectivity index (χ4v) is 2.94. The lowest BCUT2D eigenvalue weighted by atomic mass is 10.1. The molecule has 0 saturated heterocycles. The van der Waals surface area contributed by atoms with Crippen LogP contribution in [0.4, 0.5) is 0 Å². The standard InChI is InChI=1S/C13H13BrOS/c1-3-11-8-12(13(15-2)16-11)9-5-4-6-10(14)7-9/h4-8H,3H2,1-2H3. The van der Waals surface area contributed by atoms with Crippen molar-refractivity contribution in [3.63, 3.8) is 0 Å². The van der Waals surface area contributed by atoms with Crippen molar-refractivity contribution in [1.82, 2.24) is 0 Å². The average molecular weight is 297 g/mol. The van der Waals surface area contributed by atoms with E-state index in [0.717, 1.165) is 16.0 Å². The second kappa shape index (κ2) is 5.02. The molecule has 0 aliphatic rings. The monoisotopic (exact) mass is 296 g/mol. The number of halogens is 1. The Balaban J connectivity index is 2.50. The number of hydrogen-bond acceptors (Lipinski definition) is 2. The zero-order chi connectivity index (χ0) is 11.5. The first-order chi connectivity index (χ1) is 7.74. The summed E-state index contributed by atoms with van der Waals surface area (Å²) in [6, 6.07) is 10.5. The third kappa shape index (κ3) is 2.30. The van der Waals surface area contributed by atoms with Gasteiger partial charge >= 0.3 is 0 Å². The number of hydrogen-bond donors (Lipinski definition) is 0. The van der Waals surface area contributed by atoms with E-state index in [2.05, 4.69) is 41.1 Å². The summed E-state index contributed by atoms with van der Waals surface area (Å²) in [6.45, 7) is 2.16. The molecule has 0 aliphatic carbocycles. The van der Waals surface area contributed by atoms with Gasteiger partial charge in [-0.1, -0.05) is 35.0 Å². The fourth-order valence-electron chi connectivity index (χ4n) is 1.61. The van der Waals surface area contributed by atoms with Gasteiger partial charge in [-0.15, -0.1) is 11.3 Å². The Labute approximate surface area is 108 Å². The molecule has 0 spiro atoms. The van der Waals surface area contributed by atoms with Crippen molar-refractivity contribution in [2.24, 2.45) is 0 Å². The van der Waals surface area contributed by atoms with E-state index in [9.17, 15) is 0 Å². The number of rotatable bonds is 3. The first kappa shape index (κ1) is 11.7. The van der Waals surface area contributed by atoms with Gasteiger partial charge < -0.3 is 4.74 Å². The molecule has 1 aromatic heterocycles. The number of benzene rings is 1. The summed E-state index contributed by atoms with van der Waals surface area (Å²) in [4.78, 5) is 1.35. The summed E-state index contributed by atoms with van der Waals surface area (Å²) in [7, 11) is 1.73. The zero-order valence-electron chi connectivity index (χ0n) is 9.29. The lowest BCUT2D eigenvalue weighted by Crippen LogP contribution is -1.81. The van der Waals surface area contributed by atoms with E-state index >= 15 is 0 Å². The maximum Gasteiger partial charge on any atom is 0.181 e. The van der Waals surface area contributed by atoms with E-state index in [1.165, 1.54) is 16.0 Å². The molecule has 0 amide bonds. The minimum absolute atomic E-state index is 0.995. The Morgan fingerprint density at radius 3 is 2.75 bits per heavy atom. The predicted octanol–water partition coefficient (Wildman–Crippen LogP) is 4.75. The normalized spacial score (nSPS) is 10.4. The smallest absolute Gasteiger partial charge is 0.181 e. The summed E-state index contributed by atoms with van der Waals surface area (Å²) in [6.07, 6.45) is 1.05. The van der Waals surface area contributed by atoms with Gasteiger partial charge in [-0.2, -0.15) is 0 Å². The van der Waals surface area contributed by atoms with Crippen LogP contribution in [0.2, 0.25) is 0 Å². The maximum atomic E-state index is 5.43. The van der Waals surface area contributed by atoms with Gasteiger partial charge in [-0.05, 0) is 30.2 Å².